The van der Waals surface area contributed by atoms with Gasteiger partial charge in [0.05, 0.1) is 6.61 Å². The first kappa shape index (κ1) is 10.3. The lowest BCUT2D eigenvalue weighted by Crippen LogP contribution is -2.47. The van der Waals surface area contributed by atoms with Crippen molar-refractivity contribution in [3.8, 4) is 0 Å². The van der Waals surface area contributed by atoms with Crippen LogP contribution < -0.4 is 0 Å². The van der Waals surface area contributed by atoms with Crippen molar-refractivity contribution in [2.75, 3.05) is 19.7 Å². The quantitative estimate of drug-likeness (QED) is 0.500. The van der Waals surface area contributed by atoms with E-state index in [1.165, 1.54) is 25.7 Å². The van der Waals surface area contributed by atoms with Crippen LogP contribution in [0.3, 0.4) is 0 Å². The Morgan fingerprint density at radius 3 is 2.38 bits per heavy atom. The Labute approximate surface area is 96.4 Å². The molecule has 1 saturated carbocycles. The molecule has 88 valence electrons. The maximum Gasteiger partial charge on any atom is 0.323 e. The van der Waals surface area contributed by atoms with Crippen LogP contribution in [-0.4, -0.2) is 36.6 Å². The minimum Gasteiger partial charge on any atom is -0.465 e. The van der Waals surface area contributed by atoms with Gasteiger partial charge in [-0.1, -0.05) is 11.1 Å². The smallest absolute Gasteiger partial charge is 0.323 e. The van der Waals surface area contributed by atoms with E-state index < -0.39 is 0 Å². The lowest BCUT2D eigenvalue weighted by Gasteiger charge is -2.35. The molecule has 0 aromatic heterocycles. The minimum atomic E-state index is 0.00813. The zero-order chi connectivity index (χ0) is 11.0. The van der Waals surface area contributed by atoms with Crippen LogP contribution in [0, 0.1) is 0 Å². The number of carbonyl (C=O) groups is 1. The second-order valence-corrected chi connectivity index (χ2v) is 5.07. The summed E-state index contributed by atoms with van der Waals surface area (Å²) in [6.45, 7) is 2.73. The van der Waals surface area contributed by atoms with Crippen LogP contribution in [0.5, 0.6) is 0 Å². The molecule has 1 unspecified atom stereocenters. The summed E-state index contributed by atoms with van der Waals surface area (Å²) in [5.41, 5.74) is 3.38. The molecule has 3 heteroatoms. The van der Waals surface area contributed by atoms with Crippen LogP contribution >= 0.6 is 0 Å². The molecule has 0 amide bonds. The highest BCUT2D eigenvalue weighted by Crippen LogP contribution is 2.36. The number of likely N-dealkylation sites (tertiary alicyclic amines) is 1. The molecule has 3 aliphatic rings. The van der Waals surface area contributed by atoms with E-state index >= 15 is 0 Å². The Kier molecular flexibility index (Phi) is 2.72. The molecule has 1 aliphatic carbocycles. The predicted molar refractivity (Wildman–Crippen MR) is 61.0 cm³/mol. The summed E-state index contributed by atoms with van der Waals surface area (Å²) in [6.07, 6.45) is 7.05. The third kappa shape index (κ3) is 2.01. The van der Waals surface area contributed by atoms with E-state index in [9.17, 15) is 4.79 Å². The maximum absolute atomic E-state index is 11.6. The SMILES string of the molecule is O=C1OCCCC1N1CCC(=C2CC2)CC1. The second-order valence-electron chi connectivity index (χ2n) is 5.07. The van der Waals surface area contributed by atoms with Crippen molar-refractivity contribution in [3.63, 3.8) is 0 Å². The number of esters is 1. The number of hydrogen-bond acceptors (Lipinski definition) is 3. The molecule has 16 heavy (non-hydrogen) atoms. The highest BCUT2D eigenvalue weighted by Gasteiger charge is 2.32. The van der Waals surface area contributed by atoms with Gasteiger partial charge in [0.15, 0.2) is 0 Å². The van der Waals surface area contributed by atoms with Crippen molar-refractivity contribution in [1.29, 1.82) is 0 Å². The Bertz CT molecular complexity index is 319. The number of piperidine rings is 1. The third-order valence-corrected chi connectivity index (χ3v) is 3.98. The molecule has 3 fully saturated rings. The van der Waals surface area contributed by atoms with Crippen molar-refractivity contribution in [1.82, 2.24) is 4.90 Å². The van der Waals surface area contributed by atoms with Gasteiger partial charge in [-0.2, -0.15) is 0 Å². The Morgan fingerprint density at radius 2 is 1.75 bits per heavy atom. The first-order valence-electron chi connectivity index (χ1n) is 6.45. The van der Waals surface area contributed by atoms with Gasteiger partial charge in [0.2, 0.25) is 0 Å². The lowest BCUT2D eigenvalue weighted by molar-refractivity contribution is -0.154. The summed E-state index contributed by atoms with van der Waals surface area (Å²) in [6, 6.07) is 0.0551. The summed E-state index contributed by atoms with van der Waals surface area (Å²) in [5.74, 6) is 0.00813. The topological polar surface area (TPSA) is 29.5 Å². The van der Waals surface area contributed by atoms with Crippen molar-refractivity contribution in [2.24, 2.45) is 0 Å². The predicted octanol–water partition coefficient (Wildman–Crippen LogP) is 1.88. The van der Waals surface area contributed by atoms with Gasteiger partial charge in [0.1, 0.15) is 6.04 Å². The molecule has 0 bridgehead atoms. The van der Waals surface area contributed by atoms with Gasteiger partial charge in [-0.3, -0.25) is 9.69 Å². The monoisotopic (exact) mass is 221 g/mol. The van der Waals surface area contributed by atoms with Gasteiger partial charge in [0, 0.05) is 13.1 Å². The van der Waals surface area contributed by atoms with Crippen LogP contribution in [0.15, 0.2) is 11.1 Å². The molecule has 2 aliphatic heterocycles. The Morgan fingerprint density at radius 1 is 1.06 bits per heavy atom. The van der Waals surface area contributed by atoms with E-state index in [1.807, 2.05) is 0 Å². The van der Waals surface area contributed by atoms with Gasteiger partial charge >= 0.3 is 5.97 Å². The average Bonchev–Trinajstić information content (AvgIpc) is 3.14. The maximum atomic E-state index is 11.6. The first-order valence-corrected chi connectivity index (χ1v) is 6.45. The number of cyclic esters (lactones) is 1. The standard InChI is InChI=1S/C13H19NO2/c15-13-12(2-1-9-16-13)14-7-5-11(6-8-14)10-3-4-10/h12H,1-9H2. The summed E-state index contributed by atoms with van der Waals surface area (Å²) in [4.78, 5) is 14.0. The summed E-state index contributed by atoms with van der Waals surface area (Å²) in [7, 11) is 0. The molecule has 0 N–H and O–H groups in total. The van der Waals surface area contributed by atoms with E-state index in [4.69, 9.17) is 4.74 Å². The van der Waals surface area contributed by atoms with Crippen LogP contribution in [0.1, 0.15) is 38.5 Å². The molecule has 2 heterocycles. The molecule has 1 atom stereocenters. The number of nitrogens with zero attached hydrogens (tertiary/aromatic N) is 1. The van der Waals surface area contributed by atoms with Gasteiger partial charge in [-0.05, 0) is 38.5 Å². The molecule has 3 nitrogen and oxygen atoms in total. The van der Waals surface area contributed by atoms with E-state index in [0.29, 0.717) is 6.61 Å². The fourth-order valence-corrected chi connectivity index (χ4v) is 2.87. The number of allylic oxidation sites excluding steroid dienone is 1. The highest BCUT2D eigenvalue weighted by molar-refractivity contribution is 5.76. The van der Waals surface area contributed by atoms with E-state index in [0.717, 1.165) is 25.9 Å². The van der Waals surface area contributed by atoms with Gasteiger partial charge in [-0.25, -0.2) is 0 Å². The molecule has 3 rings (SSSR count). The van der Waals surface area contributed by atoms with Crippen molar-refractivity contribution in [3.05, 3.63) is 11.1 Å². The zero-order valence-corrected chi connectivity index (χ0v) is 9.71. The number of rotatable bonds is 1. The van der Waals surface area contributed by atoms with Crippen LogP contribution in [0.4, 0.5) is 0 Å². The van der Waals surface area contributed by atoms with Gasteiger partial charge in [0.25, 0.3) is 0 Å². The average molecular weight is 221 g/mol. The van der Waals surface area contributed by atoms with Crippen LogP contribution in [-0.2, 0) is 9.53 Å². The Hall–Kier alpha value is -0.830. The number of carbonyl (C=O) groups excluding carboxylic acids is 1. The minimum absolute atomic E-state index is 0.00813. The first-order chi connectivity index (χ1) is 7.84. The molecule has 0 spiro atoms. The fourth-order valence-electron chi connectivity index (χ4n) is 2.87. The van der Waals surface area contributed by atoms with Gasteiger partial charge in [-0.15, -0.1) is 0 Å². The van der Waals surface area contributed by atoms with Crippen LogP contribution in [0.2, 0.25) is 0 Å². The molecule has 2 saturated heterocycles. The van der Waals surface area contributed by atoms with Crippen molar-refractivity contribution >= 4 is 5.97 Å². The normalized spacial score (nSPS) is 31.5. The largest absolute Gasteiger partial charge is 0.465 e. The second kappa shape index (κ2) is 4.21. The van der Waals surface area contributed by atoms with Crippen LogP contribution in [0.25, 0.3) is 0 Å². The zero-order valence-electron chi connectivity index (χ0n) is 9.71. The summed E-state index contributed by atoms with van der Waals surface area (Å²) >= 11 is 0. The number of hydrogen-bond donors (Lipinski definition) is 0. The summed E-state index contributed by atoms with van der Waals surface area (Å²) in [5, 5.41) is 0. The lowest BCUT2D eigenvalue weighted by atomic mass is 9.99. The van der Waals surface area contributed by atoms with Crippen molar-refractivity contribution < 1.29 is 9.53 Å². The van der Waals surface area contributed by atoms with Crippen molar-refractivity contribution in [2.45, 2.75) is 44.6 Å². The van der Waals surface area contributed by atoms with Gasteiger partial charge < -0.3 is 4.74 Å². The van der Waals surface area contributed by atoms with E-state index in [2.05, 4.69) is 4.90 Å². The summed E-state index contributed by atoms with van der Waals surface area (Å²) < 4.78 is 5.14. The van der Waals surface area contributed by atoms with E-state index in [1.54, 1.807) is 11.1 Å². The third-order valence-electron chi connectivity index (χ3n) is 3.98. The molecule has 0 aromatic rings. The molecule has 0 radical (unpaired) electrons. The Balaban J connectivity index is 1.60. The fraction of sp³-hybridized carbons (Fsp3) is 0.769. The number of ether oxygens (including phenoxy) is 1. The molecular formula is C13H19NO2. The van der Waals surface area contributed by atoms with E-state index in [-0.39, 0.29) is 12.0 Å². The highest BCUT2D eigenvalue weighted by atomic mass is 16.5. The molecular weight excluding hydrogens is 202 g/mol. The molecule has 0 aromatic carbocycles.